The van der Waals surface area contributed by atoms with Crippen molar-refractivity contribution in [3.8, 4) is 0 Å². The van der Waals surface area contributed by atoms with E-state index in [-0.39, 0.29) is 6.42 Å². The largest absolute Gasteiger partial charge is 0.481 e. The molecular weight excluding hydrogens is 240 g/mol. The van der Waals surface area contributed by atoms with Crippen LogP contribution >= 0.6 is 0 Å². The second-order valence-electron chi connectivity index (χ2n) is 4.98. The minimum atomic E-state index is -0.739. The number of carbonyl (C=O) groups is 1. The fourth-order valence-electron chi connectivity index (χ4n) is 2.33. The van der Waals surface area contributed by atoms with Gasteiger partial charge in [-0.25, -0.2) is 0 Å². The van der Waals surface area contributed by atoms with Gasteiger partial charge >= 0.3 is 5.97 Å². The van der Waals surface area contributed by atoms with Gasteiger partial charge in [0.15, 0.2) is 0 Å². The normalized spacial score (nSPS) is 11.3. The number of aromatic nitrogens is 1. The fraction of sp³-hybridized carbons (Fsp3) is 0.400. The number of carboxylic acids is 1. The van der Waals surface area contributed by atoms with Gasteiger partial charge in [0.05, 0.1) is 6.42 Å². The van der Waals surface area contributed by atoms with E-state index in [4.69, 9.17) is 5.11 Å². The molecule has 4 nitrogen and oxygen atoms in total. The van der Waals surface area contributed by atoms with Crippen molar-refractivity contribution in [3.63, 3.8) is 0 Å². The predicted octanol–water partition coefficient (Wildman–Crippen LogP) is 2.13. The maximum Gasteiger partial charge on any atom is 0.304 e. The molecule has 0 radical (unpaired) electrons. The standard InChI is InChI=1S/C15H20N2O2/c1-16(10-8-15(18)19)9-7-12-11-17(2)14-6-4-3-5-13(12)14/h3-6,11H,7-10H2,1-2H3,(H,18,19). The summed E-state index contributed by atoms with van der Waals surface area (Å²) in [5.41, 5.74) is 2.56. The maximum absolute atomic E-state index is 10.5. The number of fused-ring (bicyclic) bond motifs is 1. The number of para-hydroxylation sites is 1. The lowest BCUT2D eigenvalue weighted by Crippen LogP contribution is -2.24. The van der Waals surface area contributed by atoms with Crippen LogP contribution < -0.4 is 0 Å². The highest BCUT2D eigenvalue weighted by Gasteiger charge is 2.07. The first-order valence-electron chi connectivity index (χ1n) is 6.51. The summed E-state index contributed by atoms with van der Waals surface area (Å²) in [4.78, 5) is 12.6. The number of hydrogen-bond donors (Lipinski definition) is 1. The fourth-order valence-corrected chi connectivity index (χ4v) is 2.33. The van der Waals surface area contributed by atoms with Crippen LogP contribution in [-0.4, -0.2) is 40.7 Å². The van der Waals surface area contributed by atoms with Gasteiger partial charge in [0.1, 0.15) is 0 Å². The van der Waals surface area contributed by atoms with Gasteiger partial charge in [-0.1, -0.05) is 18.2 Å². The van der Waals surface area contributed by atoms with Crippen molar-refractivity contribution < 1.29 is 9.90 Å². The van der Waals surface area contributed by atoms with E-state index in [0.29, 0.717) is 6.54 Å². The van der Waals surface area contributed by atoms with Crippen LogP contribution in [0.1, 0.15) is 12.0 Å². The lowest BCUT2D eigenvalue weighted by Gasteiger charge is -2.14. The summed E-state index contributed by atoms with van der Waals surface area (Å²) in [6.07, 6.45) is 3.30. The molecule has 0 atom stereocenters. The number of likely N-dealkylation sites (N-methyl/N-ethyl adjacent to an activating group) is 1. The Labute approximate surface area is 113 Å². The minimum absolute atomic E-state index is 0.200. The number of carboxylic acid groups (broad SMARTS) is 1. The monoisotopic (exact) mass is 260 g/mol. The zero-order chi connectivity index (χ0) is 13.8. The molecule has 0 aliphatic rings. The quantitative estimate of drug-likeness (QED) is 0.865. The van der Waals surface area contributed by atoms with Gasteiger partial charge in [0.2, 0.25) is 0 Å². The summed E-state index contributed by atoms with van der Waals surface area (Å²) >= 11 is 0. The highest BCUT2D eigenvalue weighted by molar-refractivity contribution is 5.83. The molecular formula is C15H20N2O2. The van der Waals surface area contributed by atoms with Crippen molar-refractivity contribution in [2.75, 3.05) is 20.1 Å². The Balaban J connectivity index is 2.00. The van der Waals surface area contributed by atoms with Crippen LogP contribution in [0, 0.1) is 0 Å². The van der Waals surface area contributed by atoms with Gasteiger partial charge in [0, 0.05) is 37.2 Å². The Kier molecular flexibility index (Phi) is 4.22. The molecule has 0 saturated carbocycles. The molecule has 1 aromatic heterocycles. The second-order valence-corrected chi connectivity index (χ2v) is 4.98. The number of hydrogen-bond acceptors (Lipinski definition) is 2. The molecule has 2 aromatic rings. The molecule has 0 saturated heterocycles. The molecule has 0 aliphatic heterocycles. The van der Waals surface area contributed by atoms with E-state index in [9.17, 15) is 4.79 Å². The molecule has 1 aromatic carbocycles. The molecule has 0 bridgehead atoms. The summed E-state index contributed by atoms with van der Waals surface area (Å²) in [7, 11) is 4.02. The third kappa shape index (κ3) is 3.35. The number of rotatable bonds is 6. The van der Waals surface area contributed by atoms with E-state index in [1.54, 1.807) is 0 Å². The minimum Gasteiger partial charge on any atom is -0.481 e. The molecule has 2 rings (SSSR count). The van der Waals surface area contributed by atoms with Crippen LogP contribution in [-0.2, 0) is 18.3 Å². The van der Waals surface area contributed by atoms with Gasteiger partial charge in [0.25, 0.3) is 0 Å². The summed E-state index contributed by atoms with van der Waals surface area (Å²) < 4.78 is 2.14. The molecule has 19 heavy (non-hydrogen) atoms. The molecule has 1 heterocycles. The van der Waals surface area contributed by atoms with E-state index in [1.807, 2.05) is 13.1 Å². The van der Waals surface area contributed by atoms with Crippen molar-refractivity contribution >= 4 is 16.9 Å². The third-order valence-corrected chi connectivity index (χ3v) is 3.45. The maximum atomic E-state index is 10.5. The summed E-state index contributed by atoms with van der Waals surface area (Å²) in [5, 5.41) is 9.95. The highest BCUT2D eigenvalue weighted by Crippen LogP contribution is 2.20. The van der Waals surface area contributed by atoms with Crippen LogP contribution in [0.5, 0.6) is 0 Å². The average Bonchev–Trinajstić information content (AvgIpc) is 2.71. The van der Waals surface area contributed by atoms with Gasteiger partial charge in [-0.3, -0.25) is 4.79 Å². The topological polar surface area (TPSA) is 45.5 Å². The number of benzene rings is 1. The number of nitrogens with zero attached hydrogens (tertiary/aromatic N) is 2. The highest BCUT2D eigenvalue weighted by atomic mass is 16.4. The van der Waals surface area contributed by atoms with Crippen molar-refractivity contribution in [3.05, 3.63) is 36.0 Å². The summed E-state index contributed by atoms with van der Waals surface area (Å²) in [6, 6.07) is 8.36. The lowest BCUT2D eigenvalue weighted by atomic mass is 10.1. The Morgan fingerprint density at radius 1 is 1.32 bits per heavy atom. The molecule has 0 spiro atoms. The Morgan fingerprint density at radius 2 is 2.05 bits per heavy atom. The van der Waals surface area contributed by atoms with Crippen LogP contribution in [0.4, 0.5) is 0 Å². The Bertz CT molecular complexity index is 575. The van der Waals surface area contributed by atoms with Crippen LogP contribution in [0.2, 0.25) is 0 Å². The van der Waals surface area contributed by atoms with E-state index in [1.165, 1.54) is 16.5 Å². The first kappa shape index (κ1) is 13.6. The predicted molar refractivity (Wildman–Crippen MR) is 76.4 cm³/mol. The molecule has 0 unspecified atom stereocenters. The molecule has 4 heteroatoms. The number of aliphatic carboxylic acids is 1. The van der Waals surface area contributed by atoms with Crippen molar-refractivity contribution in [2.45, 2.75) is 12.8 Å². The molecule has 0 fully saturated rings. The van der Waals surface area contributed by atoms with Gasteiger partial charge in [-0.15, -0.1) is 0 Å². The second kappa shape index (κ2) is 5.89. The van der Waals surface area contributed by atoms with E-state index in [2.05, 4.69) is 40.9 Å². The van der Waals surface area contributed by atoms with Gasteiger partial charge in [-0.05, 0) is 25.1 Å². The molecule has 0 aliphatic carbocycles. The zero-order valence-electron chi connectivity index (χ0n) is 11.5. The SMILES string of the molecule is CN(CCC(=O)O)CCc1cn(C)c2ccccc12. The van der Waals surface area contributed by atoms with E-state index >= 15 is 0 Å². The summed E-state index contributed by atoms with van der Waals surface area (Å²) in [6.45, 7) is 1.47. The van der Waals surface area contributed by atoms with Crippen molar-refractivity contribution in [1.82, 2.24) is 9.47 Å². The smallest absolute Gasteiger partial charge is 0.304 e. The van der Waals surface area contributed by atoms with Crippen LogP contribution in [0.25, 0.3) is 10.9 Å². The number of aryl methyl sites for hydroxylation is 1. The zero-order valence-corrected chi connectivity index (χ0v) is 11.5. The van der Waals surface area contributed by atoms with Gasteiger partial charge < -0.3 is 14.6 Å². The Morgan fingerprint density at radius 3 is 2.79 bits per heavy atom. The van der Waals surface area contributed by atoms with Gasteiger partial charge in [-0.2, -0.15) is 0 Å². The van der Waals surface area contributed by atoms with Crippen LogP contribution in [0.15, 0.2) is 30.5 Å². The van der Waals surface area contributed by atoms with Crippen LogP contribution in [0.3, 0.4) is 0 Å². The van der Waals surface area contributed by atoms with Crippen molar-refractivity contribution in [2.24, 2.45) is 7.05 Å². The van der Waals surface area contributed by atoms with E-state index < -0.39 is 5.97 Å². The Hall–Kier alpha value is -1.81. The van der Waals surface area contributed by atoms with Crippen molar-refractivity contribution in [1.29, 1.82) is 0 Å². The average molecular weight is 260 g/mol. The first-order chi connectivity index (χ1) is 9.08. The van der Waals surface area contributed by atoms with E-state index in [0.717, 1.165) is 13.0 Å². The molecule has 1 N–H and O–H groups in total. The summed E-state index contributed by atoms with van der Waals surface area (Å²) in [5.74, 6) is -0.739. The lowest BCUT2D eigenvalue weighted by molar-refractivity contribution is -0.137. The first-order valence-corrected chi connectivity index (χ1v) is 6.51. The molecule has 0 amide bonds. The third-order valence-electron chi connectivity index (χ3n) is 3.45. The molecule has 102 valence electrons.